The van der Waals surface area contributed by atoms with Gasteiger partial charge >= 0.3 is 5.97 Å². The molecule has 0 spiro atoms. The largest absolute Gasteiger partial charge is 0.495 e. The van der Waals surface area contributed by atoms with Crippen molar-refractivity contribution in [1.29, 1.82) is 0 Å². The summed E-state index contributed by atoms with van der Waals surface area (Å²) in [5.74, 6) is 0.419. The van der Waals surface area contributed by atoms with E-state index in [2.05, 4.69) is 0 Å². The van der Waals surface area contributed by atoms with Gasteiger partial charge in [0.2, 0.25) is 0 Å². The van der Waals surface area contributed by atoms with Crippen LogP contribution in [-0.4, -0.2) is 39.5 Å². The molecule has 0 saturated heterocycles. The molecule has 2 aromatic rings. The van der Waals surface area contributed by atoms with Crippen LogP contribution in [0.2, 0.25) is 0 Å². The van der Waals surface area contributed by atoms with E-state index in [-0.39, 0.29) is 17.1 Å². The highest BCUT2D eigenvalue weighted by atomic mass is 16.5. The second-order valence-corrected chi connectivity index (χ2v) is 4.62. The van der Waals surface area contributed by atoms with Crippen LogP contribution in [0, 0.1) is 6.92 Å². The first-order valence-corrected chi connectivity index (χ1v) is 6.53. The normalized spacial score (nSPS) is 10.4. The van der Waals surface area contributed by atoms with Gasteiger partial charge in [0, 0.05) is 10.9 Å². The van der Waals surface area contributed by atoms with E-state index < -0.39 is 5.97 Å². The third-order valence-corrected chi connectivity index (χ3v) is 3.59. The van der Waals surface area contributed by atoms with Gasteiger partial charge in [0.1, 0.15) is 17.1 Å². The number of carboxylic acids is 1. The van der Waals surface area contributed by atoms with Gasteiger partial charge in [-0.1, -0.05) is 0 Å². The number of aromatic carboxylic acids is 1. The van der Waals surface area contributed by atoms with Gasteiger partial charge in [0.05, 0.1) is 28.4 Å². The predicted octanol–water partition coefficient (Wildman–Crippen LogP) is 2.88. The fourth-order valence-electron chi connectivity index (χ4n) is 2.59. The van der Waals surface area contributed by atoms with Crippen LogP contribution in [0.25, 0.3) is 10.8 Å². The number of carbonyl (C=O) groups is 1. The van der Waals surface area contributed by atoms with Gasteiger partial charge in [-0.05, 0) is 24.4 Å². The number of benzene rings is 2. The van der Waals surface area contributed by atoms with Crippen LogP contribution in [0.5, 0.6) is 23.0 Å². The van der Waals surface area contributed by atoms with E-state index in [0.717, 1.165) is 5.39 Å². The highest BCUT2D eigenvalue weighted by molar-refractivity contribution is 6.06. The zero-order valence-electron chi connectivity index (χ0n) is 13.1. The summed E-state index contributed by atoms with van der Waals surface area (Å²) in [6, 6.07) is 3.48. The molecule has 0 unspecified atom stereocenters. The van der Waals surface area contributed by atoms with Crippen molar-refractivity contribution in [2.45, 2.75) is 6.92 Å². The topological polar surface area (TPSA) is 74.2 Å². The van der Waals surface area contributed by atoms with Crippen molar-refractivity contribution in [2.24, 2.45) is 0 Å². The number of fused-ring (bicyclic) bond motifs is 1. The van der Waals surface area contributed by atoms with Crippen LogP contribution in [-0.2, 0) is 0 Å². The summed E-state index contributed by atoms with van der Waals surface area (Å²) in [6.07, 6.45) is 0. The molecule has 0 amide bonds. The number of hydrogen-bond donors (Lipinski definition) is 1. The zero-order chi connectivity index (χ0) is 16.4. The van der Waals surface area contributed by atoms with Crippen LogP contribution in [0.3, 0.4) is 0 Å². The Balaban J connectivity index is 3.02. The summed E-state index contributed by atoms with van der Waals surface area (Å²) in [4.78, 5) is 11.6. The van der Waals surface area contributed by atoms with Crippen molar-refractivity contribution in [3.63, 3.8) is 0 Å². The Morgan fingerprint density at radius 3 is 1.77 bits per heavy atom. The Bertz CT molecular complexity index is 735. The van der Waals surface area contributed by atoms with Gasteiger partial charge in [-0.15, -0.1) is 0 Å². The molecule has 0 aromatic heterocycles. The van der Waals surface area contributed by atoms with Crippen molar-refractivity contribution in [3.05, 3.63) is 23.3 Å². The van der Waals surface area contributed by atoms with E-state index in [9.17, 15) is 9.90 Å². The van der Waals surface area contributed by atoms with E-state index in [0.29, 0.717) is 22.4 Å². The summed E-state index contributed by atoms with van der Waals surface area (Å²) in [5, 5.41) is 10.9. The molecule has 0 aliphatic heterocycles. The first-order valence-electron chi connectivity index (χ1n) is 6.53. The highest BCUT2D eigenvalue weighted by Crippen LogP contribution is 2.44. The molecule has 0 atom stereocenters. The second-order valence-electron chi connectivity index (χ2n) is 4.62. The SMILES string of the molecule is COc1cc2c(C)c(OC)c(C(=O)O)c(OC)c2cc1OC. The number of hydrogen-bond acceptors (Lipinski definition) is 5. The molecule has 2 rings (SSSR count). The average Bonchev–Trinajstić information content (AvgIpc) is 2.53. The second kappa shape index (κ2) is 6.01. The molecule has 0 radical (unpaired) electrons. The molecule has 118 valence electrons. The Morgan fingerprint density at radius 2 is 1.36 bits per heavy atom. The highest BCUT2D eigenvalue weighted by Gasteiger charge is 2.25. The maximum absolute atomic E-state index is 11.6. The minimum Gasteiger partial charge on any atom is -0.495 e. The van der Waals surface area contributed by atoms with Crippen molar-refractivity contribution >= 4 is 16.7 Å². The standard InChI is InChI=1S/C16H18O6/c1-8-9-6-11(19-2)12(20-3)7-10(9)15(22-5)13(16(17)18)14(8)21-4/h6-7H,1-5H3,(H,17,18). The fraction of sp³-hybridized carbons (Fsp3) is 0.312. The summed E-state index contributed by atoms with van der Waals surface area (Å²) in [6.45, 7) is 1.79. The lowest BCUT2D eigenvalue weighted by Crippen LogP contribution is -2.06. The fourth-order valence-corrected chi connectivity index (χ4v) is 2.59. The quantitative estimate of drug-likeness (QED) is 0.915. The molecule has 2 aromatic carbocycles. The van der Waals surface area contributed by atoms with E-state index in [1.807, 2.05) is 0 Å². The van der Waals surface area contributed by atoms with E-state index in [1.54, 1.807) is 26.2 Å². The monoisotopic (exact) mass is 306 g/mol. The number of aryl methyl sites for hydroxylation is 1. The minimum absolute atomic E-state index is 0.0118. The summed E-state index contributed by atoms with van der Waals surface area (Å²) >= 11 is 0. The first-order chi connectivity index (χ1) is 10.5. The molecule has 6 nitrogen and oxygen atoms in total. The molecule has 0 heterocycles. The molecule has 0 saturated carbocycles. The van der Waals surface area contributed by atoms with E-state index >= 15 is 0 Å². The lowest BCUT2D eigenvalue weighted by Gasteiger charge is -2.18. The Kier molecular flexibility index (Phi) is 4.30. The lowest BCUT2D eigenvalue weighted by atomic mass is 9.98. The Hall–Kier alpha value is -2.63. The third-order valence-electron chi connectivity index (χ3n) is 3.59. The number of ether oxygens (including phenoxy) is 4. The molecular formula is C16H18O6. The molecule has 22 heavy (non-hydrogen) atoms. The van der Waals surface area contributed by atoms with Gasteiger partial charge < -0.3 is 24.1 Å². The van der Waals surface area contributed by atoms with Gasteiger partial charge in [-0.25, -0.2) is 4.79 Å². The molecule has 6 heteroatoms. The Morgan fingerprint density at radius 1 is 0.864 bits per heavy atom. The summed E-state index contributed by atoms with van der Waals surface area (Å²) in [5.41, 5.74) is 0.680. The number of rotatable bonds is 5. The van der Waals surface area contributed by atoms with Gasteiger partial charge in [-0.2, -0.15) is 0 Å². The van der Waals surface area contributed by atoms with Gasteiger partial charge in [0.15, 0.2) is 11.5 Å². The minimum atomic E-state index is -1.12. The lowest BCUT2D eigenvalue weighted by molar-refractivity contribution is 0.0689. The summed E-state index contributed by atoms with van der Waals surface area (Å²) in [7, 11) is 5.91. The van der Waals surface area contributed by atoms with Crippen molar-refractivity contribution in [2.75, 3.05) is 28.4 Å². The summed E-state index contributed by atoms with van der Waals surface area (Å²) < 4.78 is 21.2. The molecule has 0 bridgehead atoms. The predicted molar refractivity (Wildman–Crippen MR) is 81.9 cm³/mol. The van der Waals surface area contributed by atoms with Crippen molar-refractivity contribution < 1.29 is 28.8 Å². The van der Waals surface area contributed by atoms with Crippen molar-refractivity contribution in [1.82, 2.24) is 0 Å². The maximum atomic E-state index is 11.6. The van der Waals surface area contributed by atoms with Crippen LogP contribution in [0.1, 0.15) is 15.9 Å². The Labute approximate surface area is 128 Å². The van der Waals surface area contributed by atoms with Gasteiger partial charge in [0.25, 0.3) is 0 Å². The van der Waals surface area contributed by atoms with E-state index in [4.69, 9.17) is 18.9 Å². The average molecular weight is 306 g/mol. The molecule has 0 aliphatic rings. The molecule has 0 fully saturated rings. The molecular weight excluding hydrogens is 288 g/mol. The molecule has 0 aliphatic carbocycles. The zero-order valence-corrected chi connectivity index (χ0v) is 13.1. The van der Waals surface area contributed by atoms with Crippen LogP contribution in [0.15, 0.2) is 12.1 Å². The first kappa shape index (κ1) is 15.8. The van der Waals surface area contributed by atoms with Crippen LogP contribution in [0.4, 0.5) is 0 Å². The number of carboxylic acid groups (broad SMARTS) is 1. The maximum Gasteiger partial charge on any atom is 0.343 e. The van der Waals surface area contributed by atoms with Gasteiger partial charge in [-0.3, -0.25) is 0 Å². The number of methoxy groups -OCH3 is 4. The third kappa shape index (κ3) is 2.26. The van der Waals surface area contributed by atoms with Crippen LogP contribution >= 0.6 is 0 Å². The smallest absolute Gasteiger partial charge is 0.343 e. The molecule has 1 N–H and O–H groups in total. The van der Waals surface area contributed by atoms with Crippen molar-refractivity contribution in [3.8, 4) is 23.0 Å². The van der Waals surface area contributed by atoms with E-state index in [1.165, 1.54) is 21.3 Å². The van der Waals surface area contributed by atoms with Crippen LogP contribution < -0.4 is 18.9 Å².